The van der Waals surface area contributed by atoms with Crippen molar-refractivity contribution in [3.8, 4) is 0 Å². The topological polar surface area (TPSA) is 39.9 Å². The number of nitrogens with zero attached hydrogens (tertiary/aromatic N) is 3. The second-order valence-corrected chi connectivity index (χ2v) is 4.17. The number of halogens is 1. The molecule has 0 aliphatic carbocycles. The van der Waals surface area contributed by atoms with Crippen LogP contribution in [-0.4, -0.2) is 28.2 Å². The van der Waals surface area contributed by atoms with Crippen molar-refractivity contribution in [2.75, 3.05) is 13.2 Å². The Morgan fingerprint density at radius 2 is 2.27 bits per heavy atom. The zero-order chi connectivity index (χ0) is 11.1. The first kappa shape index (κ1) is 12.5. The van der Waals surface area contributed by atoms with Gasteiger partial charge in [0.05, 0.1) is 24.7 Å². The lowest BCUT2D eigenvalue weighted by atomic mass is 10.1. The zero-order valence-electron chi connectivity index (χ0n) is 9.32. The van der Waals surface area contributed by atoms with Gasteiger partial charge in [-0.15, -0.1) is 16.7 Å². The maximum absolute atomic E-state index is 5.61. The van der Waals surface area contributed by atoms with Crippen molar-refractivity contribution in [1.29, 1.82) is 0 Å². The van der Waals surface area contributed by atoms with Crippen LogP contribution in [0.1, 0.15) is 26.0 Å². The summed E-state index contributed by atoms with van der Waals surface area (Å²) in [6.45, 7) is 6.61. The molecular formula is C10H18ClN3O. The lowest BCUT2D eigenvalue weighted by Crippen LogP contribution is -2.08. The molecule has 0 radical (unpaired) electrons. The van der Waals surface area contributed by atoms with E-state index in [1.807, 2.05) is 6.20 Å². The molecule has 0 saturated carbocycles. The predicted molar refractivity (Wildman–Crippen MR) is 59.9 cm³/mol. The second kappa shape index (κ2) is 6.80. The van der Waals surface area contributed by atoms with E-state index in [9.17, 15) is 0 Å². The average Bonchev–Trinajstić information content (AvgIpc) is 2.65. The quantitative estimate of drug-likeness (QED) is 0.533. The van der Waals surface area contributed by atoms with Gasteiger partial charge in [-0.05, 0) is 12.3 Å². The minimum Gasteiger partial charge on any atom is -0.380 e. The summed E-state index contributed by atoms with van der Waals surface area (Å²) in [6.07, 6.45) is 2.95. The molecule has 0 aliphatic heterocycles. The maximum atomic E-state index is 5.61. The smallest absolute Gasteiger partial charge is 0.0974 e. The lowest BCUT2D eigenvalue weighted by molar-refractivity contribution is 0.113. The SMILES string of the molecule is CC(C)CCOCCn1cc(CCl)nn1. The van der Waals surface area contributed by atoms with Gasteiger partial charge in [-0.1, -0.05) is 19.1 Å². The van der Waals surface area contributed by atoms with Gasteiger partial charge in [0.2, 0.25) is 0 Å². The monoisotopic (exact) mass is 231 g/mol. The summed E-state index contributed by atoms with van der Waals surface area (Å²) in [5.41, 5.74) is 0.804. The largest absolute Gasteiger partial charge is 0.380 e. The molecule has 1 aromatic heterocycles. The fourth-order valence-electron chi connectivity index (χ4n) is 1.09. The molecule has 15 heavy (non-hydrogen) atoms. The Labute approximate surface area is 95.6 Å². The molecule has 4 nitrogen and oxygen atoms in total. The van der Waals surface area contributed by atoms with Gasteiger partial charge < -0.3 is 4.74 Å². The molecule has 0 spiro atoms. The summed E-state index contributed by atoms with van der Waals surface area (Å²) < 4.78 is 7.23. The van der Waals surface area contributed by atoms with Crippen LogP contribution in [0.4, 0.5) is 0 Å². The van der Waals surface area contributed by atoms with Crippen LogP contribution < -0.4 is 0 Å². The standard InChI is InChI=1S/C10H18ClN3O/c1-9(2)3-5-15-6-4-14-8-10(7-11)12-13-14/h8-9H,3-7H2,1-2H3. The molecule has 0 unspecified atom stereocenters. The third-order valence-corrected chi connectivity index (χ3v) is 2.30. The molecule has 0 N–H and O–H groups in total. The second-order valence-electron chi connectivity index (χ2n) is 3.90. The third-order valence-electron chi connectivity index (χ3n) is 2.03. The van der Waals surface area contributed by atoms with Crippen LogP contribution in [0.5, 0.6) is 0 Å². The van der Waals surface area contributed by atoms with Crippen molar-refractivity contribution >= 4 is 11.6 Å². The summed E-state index contributed by atoms with van der Waals surface area (Å²) in [4.78, 5) is 0. The number of rotatable bonds is 7. The van der Waals surface area contributed by atoms with Gasteiger partial charge >= 0.3 is 0 Å². The van der Waals surface area contributed by atoms with E-state index in [0.717, 1.165) is 25.3 Å². The molecule has 1 rings (SSSR count). The lowest BCUT2D eigenvalue weighted by Gasteiger charge is -2.05. The van der Waals surface area contributed by atoms with Crippen molar-refractivity contribution < 1.29 is 4.74 Å². The number of ether oxygens (including phenoxy) is 1. The molecule has 1 heterocycles. The van der Waals surface area contributed by atoms with Crippen LogP contribution >= 0.6 is 11.6 Å². The summed E-state index contributed by atoms with van der Waals surface area (Å²) in [6, 6.07) is 0. The third kappa shape index (κ3) is 5.14. The Morgan fingerprint density at radius 3 is 2.87 bits per heavy atom. The summed E-state index contributed by atoms with van der Waals surface area (Å²) in [5, 5.41) is 7.81. The van der Waals surface area contributed by atoms with E-state index in [2.05, 4.69) is 24.2 Å². The molecule has 0 amide bonds. The molecule has 5 heteroatoms. The van der Waals surface area contributed by atoms with E-state index in [-0.39, 0.29) is 0 Å². The highest BCUT2D eigenvalue weighted by Crippen LogP contribution is 2.00. The fraction of sp³-hybridized carbons (Fsp3) is 0.800. The van der Waals surface area contributed by atoms with E-state index >= 15 is 0 Å². The highest BCUT2D eigenvalue weighted by atomic mass is 35.5. The van der Waals surface area contributed by atoms with Crippen molar-refractivity contribution in [3.05, 3.63) is 11.9 Å². The van der Waals surface area contributed by atoms with Crippen LogP contribution in [0.2, 0.25) is 0 Å². The minimum absolute atomic E-state index is 0.411. The van der Waals surface area contributed by atoms with Crippen LogP contribution in [-0.2, 0) is 17.2 Å². The highest BCUT2D eigenvalue weighted by molar-refractivity contribution is 6.16. The van der Waals surface area contributed by atoms with Crippen LogP contribution in [0.25, 0.3) is 0 Å². The van der Waals surface area contributed by atoms with Crippen molar-refractivity contribution in [3.63, 3.8) is 0 Å². The van der Waals surface area contributed by atoms with Gasteiger partial charge in [0.15, 0.2) is 0 Å². The van der Waals surface area contributed by atoms with Crippen molar-refractivity contribution in [2.24, 2.45) is 5.92 Å². The van der Waals surface area contributed by atoms with E-state index in [0.29, 0.717) is 18.4 Å². The van der Waals surface area contributed by atoms with Gasteiger partial charge in [0, 0.05) is 12.8 Å². The Kier molecular flexibility index (Phi) is 5.65. The summed E-state index contributed by atoms with van der Waals surface area (Å²) in [7, 11) is 0. The predicted octanol–water partition coefficient (Wildman–Crippen LogP) is 2.08. The summed E-state index contributed by atoms with van der Waals surface area (Å²) >= 11 is 5.61. The molecular weight excluding hydrogens is 214 g/mol. The molecule has 0 aliphatic rings. The first-order valence-corrected chi connectivity index (χ1v) is 5.78. The number of hydrogen-bond donors (Lipinski definition) is 0. The molecule has 86 valence electrons. The zero-order valence-corrected chi connectivity index (χ0v) is 10.1. The molecule has 0 aromatic carbocycles. The number of hydrogen-bond acceptors (Lipinski definition) is 3. The van der Waals surface area contributed by atoms with Crippen molar-refractivity contribution in [2.45, 2.75) is 32.7 Å². The molecule has 0 fully saturated rings. The number of aromatic nitrogens is 3. The van der Waals surface area contributed by atoms with E-state index < -0.39 is 0 Å². The number of alkyl halides is 1. The Hall–Kier alpha value is -0.610. The van der Waals surface area contributed by atoms with Gasteiger partial charge in [0.1, 0.15) is 0 Å². The van der Waals surface area contributed by atoms with E-state index in [1.165, 1.54) is 0 Å². The fourth-order valence-corrected chi connectivity index (χ4v) is 1.21. The highest BCUT2D eigenvalue weighted by Gasteiger charge is 1.99. The van der Waals surface area contributed by atoms with Gasteiger partial charge in [0.25, 0.3) is 0 Å². The van der Waals surface area contributed by atoms with Gasteiger partial charge in [-0.2, -0.15) is 0 Å². The van der Waals surface area contributed by atoms with Crippen LogP contribution in [0.15, 0.2) is 6.20 Å². The molecule has 0 atom stereocenters. The van der Waals surface area contributed by atoms with Crippen LogP contribution in [0.3, 0.4) is 0 Å². The van der Waals surface area contributed by atoms with Crippen LogP contribution in [0, 0.1) is 5.92 Å². The minimum atomic E-state index is 0.411. The molecule has 0 saturated heterocycles. The Bertz CT molecular complexity index is 275. The van der Waals surface area contributed by atoms with Crippen molar-refractivity contribution in [1.82, 2.24) is 15.0 Å². The van der Waals surface area contributed by atoms with E-state index in [4.69, 9.17) is 16.3 Å². The normalized spacial score (nSPS) is 11.2. The first-order chi connectivity index (χ1) is 7.22. The molecule has 1 aromatic rings. The Balaban J connectivity index is 2.09. The van der Waals surface area contributed by atoms with Gasteiger partial charge in [-0.25, -0.2) is 4.68 Å². The van der Waals surface area contributed by atoms with E-state index in [1.54, 1.807) is 4.68 Å². The summed E-state index contributed by atoms with van der Waals surface area (Å²) in [5.74, 6) is 1.10. The van der Waals surface area contributed by atoms with Gasteiger partial charge in [-0.3, -0.25) is 0 Å². The Morgan fingerprint density at radius 1 is 1.47 bits per heavy atom. The first-order valence-electron chi connectivity index (χ1n) is 5.25. The maximum Gasteiger partial charge on any atom is 0.0974 e. The average molecular weight is 232 g/mol. The molecule has 0 bridgehead atoms.